The van der Waals surface area contributed by atoms with Crippen LogP contribution in [-0.2, 0) is 5.41 Å². The van der Waals surface area contributed by atoms with Crippen LogP contribution in [0.2, 0.25) is 0 Å². The molecule has 5 nitrogen and oxygen atoms in total. The van der Waals surface area contributed by atoms with Gasteiger partial charge in [-0.1, -0.05) is 20.8 Å². The molecule has 1 fully saturated rings. The number of anilines is 1. The van der Waals surface area contributed by atoms with E-state index in [1.807, 2.05) is 16.9 Å². The summed E-state index contributed by atoms with van der Waals surface area (Å²) in [5.41, 5.74) is 2.15. The highest BCUT2D eigenvalue weighted by Crippen LogP contribution is 2.45. The molecule has 0 radical (unpaired) electrons. The molecule has 1 aliphatic heterocycles. The van der Waals surface area contributed by atoms with E-state index >= 15 is 0 Å². The molecule has 1 saturated carbocycles. The Labute approximate surface area is 137 Å². The first-order valence-electron chi connectivity index (χ1n) is 8.51. The summed E-state index contributed by atoms with van der Waals surface area (Å²) in [5.74, 6) is 1.83. The van der Waals surface area contributed by atoms with Crippen LogP contribution in [0.25, 0.3) is 5.65 Å². The Balaban J connectivity index is 1.93. The summed E-state index contributed by atoms with van der Waals surface area (Å²) in [5, 5.41) is 4.50. The predicted molar refractivity (Wildman–Crippen MR) is 91.4 cm³/mol. The Morgan fingerprint density at radius 1 is 1.13 bits per heavy atom. The van der Waals surface area contributed by atoms with E-state index in [1.165, 1.54) is 12.0 Å². The SMILES string of the molecule is CC(C)(C)c1cnn2cc3c(nc12)N(C(C)(C)C)[C@H]1CC[C@@H]1O3. The van der Waals surface area contributed by atoms with Crippen LogP contribution in [0.1, 0.15) is 59.9 Å². The van der Waals surface area contributed by atoms with Crippen LogP contribution < -0.4 is 9.64 Å². The van der Waals surface area contributed by atoms with Crippen LogP contribution in [0.3, 0.4) is 0 Å². The van der Waals surface area contributed by atoms with Crippen molar-refractivity contribution in [3.63, 3.8) is 0 Å². The highest BCUT2D eigenvalue weighted by atomic mass is 16.5. The van der Waals surface area contributed by atoms with Gasteiger partial charge >= 0.3 is 0 Å². The van der Waals surface area contributed by atoms with Crippen molar-refractivity contribution in [2.45, 2.75) is 77.5 Å². The van der Waals surface area contributed by atoms with Crippen molar-refractivity contribution in [2.24, 2.45) is 0 Å². The third-order valence-electron chi connectivity index (χ3n) is 4.99. The van der Waals surface area contributed by atoms with Crippen molar-refractivity contribution < 1.29 is 4.74 Å². The maximum atomic E-state index is 6.19. The third kappa shape index (κ3) is 2.12. The van der Waals surface area contributed by atoms with Crippen LogP contribution >= 0.6 is 0 Å². The molecule has 2 aromatic heterocycles. The molecular weight excluding hydrogens is 288 g/mol. The molecule has 5 heteroatoms. The monoisotopic (exact) mass is 314 g/mol. The summed E-state index contributed by atoms with van der Waals surface area (Å²) < 4.78 is 8.05. The first-order chi connectivity index (χ1) is 10.7. The van der Waals surface area contributed by atoms with Gasteiger partial charge in [-0.05, 0) is 39.0 Å². The zero-order chi connectivity index (χ0) is 16.6. The quantitative estimate of drug-likeness (QED) is 0.746. The van der Waals surface area contributed by atoms with Crippen molar-refractivity contribution in [1.82, 2.24) is 14.6 Å². The van der Waals surface area contributed by atoms with Crippen LogP contribution in [0, 0.1) is 0 Å². The van der Waals surface area contributed by atoms with Gasteiger partial charge in [-0.25, -0.2) is 9.50 Å². The molecule has 0 amide bonds. The number of hydrogen-bond acceptors (Lipinski definition) is 4. The first-order valence-corrected chi connectivity index (χ1v) is 8.51. The fourth-order valence-corrected chi connectivity index (χ4v) is 3.69. The standard InChI is InChI=1S/C18H26N4O/c1-17(2,3)11-9-19-21-10-14-16(20-15(11)21)22(18(4,5)6)12-7-8-13(12)23-14/h9-10,12-13H,7-8H2,1-6H3/t12-,13-/m0/s1. The van der Waals surface area contributed by atoms with Gasteiger partial charge in [0.2, 0.25) is 0 Å². The molecule has 3 heterocycles. The molecule has 124 valence electrons. The van der Waals surface area contributed by atoms with Crippen LogP contribution in [0.4, 0.5) is 5.82 Å². The molecule has 2 aliphatic rings. The van der Waals surface area contributed by atoms with Gasteiger partial charge in [-0.15, -0.1) is 0 Å². The van der Waals surface area contributed by atoms with Crippen molar-refractivity contribution in [1.29, 1.82) is 0 Å². The lowest BCUT2D eigenvalue weighted by molar-refractivity contribution is 0.0616. The molecule has 0 aromatic carbocycles. The largest absolute Gasteiger partial charge is 0.483 e. The lowest BCUT2D eigenvalue weighted by Gasteiger charge is -2.53. The maximum Gasteiger partial charge on any atom is 0.180 e. The van der Waals surface area contributed by atoms with Crippen LogP contribution in [0.15, 0.2) is 12.4 Å². The molecule has 4 rings (SSSR count). The lowest BCUT2D eigenvalue weighted by atomic mass is 9.83. The van der Waals surface area contributed by atoms with E-state index in [2.05, 4.69) is 51.5 Å². The van der Waals surface area contributed by atoms with E-state index in [9.17, 15) is 0 Å². The van der Waals surface area contributed by atoms with E-state index in [4.69, 9.17) is 9.72 Å². The lowest BCUT2D eigenvalue weighted by Crippen LogP contribution is -2.62. The Hall–Kier alpha value is -1.78. The minimum Gasteiger partial charge on any atom is -0.483 e. The minimum absolute atomic E-state index is 0.0179. The third-order valence-corrected chi connectivity index (χ3v) is 4.99. The predicted octanol–water partition coefficient (Wildman–Crippen LogP) is 3.56. The molecule has 0 saturated heterocycles. The average molecular weight is 314 g/mol. The van der Waals surface area contributed by atoms with Crippen LogP contribution in [-0.4, -0.2) is 32.3 Å². The molecule has 0 unspecified atom stereocenters. The Bertz CT molecular complexity index is 766. The normalized spacial score (nSPS) is 24.0. The maximum absolute atomic E-state index is 6.19. The van der Waals surface area contributed by atoms with Crippen molar-refractivity contribution in [3.05, 3.63) is 18.0 Å². The van der Waals surface area contributed by atoms with Crippen LogP contribution in [0.5, 0.6) is 5.75 Å². The van der Waals surface area contributed by atoms with Gasteiger partial charge in [0, 0.05) is 11.1 Å². The highest BCUT2D eigenvalue weighted by Gasteiger charge is 2.47. The van der Waals surface area contributed by atoms with E-state index in [0.29, 0.717) is 12.1 Å². The van der Waals surface area contributed by atoms with Gasteiger partial charge < -0.3 is 9.64 Å². The van der Waals surface area contributed by atoms with Gasteiger partial charge in [0.25, 0.3) is 0 Å². The van der Waals surface area contributed by atoms with Crippen molar-refractivity contribution in [2.75, 3.05) is 4.90 Å². The second kappa shape index (κ2) is 4.40. The Kier molecular flexibility index (Phi) is 2.83. The molecule has 1 aliphatic carbocycles. The summed E-state index contributed by atoms with van der Waals surface area (Å²) in [7, 11) is 0. The van der Waals surface area contributed by atoms with Crippen molar-refractivity contribution >= 4 is 11.5 Å². The number of nitrogens with zero attached hydrogens (tertiary/aromatic N) is 4. The molecule has 0 N–H and O–H groups in total. The first kappa shape index (κ1) is 14.8. The van der Waals surface area contributed by atoms with Gasteiger partial charge in [-0.3, -0.25) is 0 Å². The summed E-state index contributed by atoms with van der Waals surface area (Å²) in [6.07, 6.45) is 6.53. The van der Waals surface area contributed by atoms with Gasteiger partial charge in [0.05, 0.1) is 18.4 Å². The average Bonchev–Trinajstić information content (AvgIpc) is 2.80. The van der Waals surface area contributed by atoms with Gasteiger partial charge in [0.15, 0.2) is 17.2 Å². The van der Waals surface area contributed by atoms with E-state index in [1.54, 1.807) is 0 Å². The Morgan fingerprint density at radius 2 is 1.87 bits per heavy atom. The summed E-state index contributed by atoms with van der Waals surface area (Å²) >= 11 is 0. The number of aromatic nitrogens is 3. The number of hydrogen-bond donors (Lipinski definition) is 0. The second-order valence-corrected chi connectivity index (χ2v) is 8.85. The minimum atomic E-state index is 0.0179. The van der Waals surface area contributed by atoms with E-state index < -0.39 is 0 Å². The van der Waals surface area contributed by atoms with Gasteiger partial charge in [-0.2, -0.15) is 5.10 Å². The molecule has 0 bridgehead atoms. The topological polar surface area (TPSA) is 42.7 Å². The zero-order valence-electron chi connectivity index (χ0n) is 14.9. The molecule has 0 spiro atoms. The number of fused-ring (bicyclic) bond motifs is 3. The molecule has 2 aromatic rings. The second-order valence-electron chi connectivity index (χ2n) is 8.85. The highest BCUT2D eigenvalue weighted by molar-refractivity contribution is 5.64. The fraction of sp³-hybridized carbons (Fsp3) is 0.667. The van der Waals surface area contributed by atoms with Gasteiger partial charge in [0.1, 0.15) is 6.10 Å². The number of ether oxygens (including phenoxy) is 1. The summed E-state index contributed by atoms with van der Waals surface area (Å²) in [4.78, 5) is 7.47. The van der Waals surface area contributed by atoms with E-state index in [0.717, 1.165) is 23.6 Å². The summed E-state index contributed by atoms with van der Waals surface area (Å²) in [6.45, 7) is 13.4. The molecule has 2 atom stereocenters. The molecular formula is C18H26N4O. The van der Waals surface area contributed by atoms with E-state index in [-0.39, 0.29) is 11.0 Å². The number of rotatable bonds is 0. The zero-order valence-corrected chi connectivity index (χ0v) is 14.9. The van der Waals surface area contributed by atoms with Crippen molar-refractivity contribution in [3.8, 4) is 5.75 Å². The molecule has 23 heavy (non-hydrogen) atoms. The summed E-state index contributed by atoms with van der Waals surface area (Å²) in [6, 6.07) is 0.443. The fourth-order valence-electron chi connectivity index (χ4n) is 3.69. The smallest absolute Gasteiger partial charge is 0.180 e. The Morgan fingerprint density at radius 3 is 2.43 bits per heavy atom.